The SMILES string of the molecule is C[C@H](NC1CCN(c2ncc(C(F)(F)F)cn2)CC1)C(=O)N[C@H]1CCc2c1n[nH]c(=O)c2C(F)(F)F. The second kappa shape index (κ2) is 9.67. The normalized spacial score (nSPS) is 19.8. The Balaban J connectivity index is 1.31. The maximum Gasteiger partial charge on any atom is 0.422 e. The Labute approximate surface area is 200 Å². The Morgan fingerprint density at radius 2 is 1.72 bits per heavy atom. The molecule has 0 unspecified atom stereocenters. The van der Waals surface area contributed by atoms with Crippen LogP contribution in [0.2, 0.25) is 0 Å². The van der Waals surface area contributed by atoms with Gasteiger partial charge in [0.05, 0.1) is 23.3 Å². The first-order valence-corrected chi connectivity index (χ1v) is 11.2. The van der Waals surface area contributed by atoms with E-state index in [1.54, 1.807) is 11.8 Å². The Bertz CT molecular complexity index is 1160. The van der Waals surface area contributed by atoms with Crippen LogP contribution in [0.4, 0.5) is 32.3 Å². The molecule has 1 aliphatic heterocycles. The van der Waals surface area contributed by atoms with Gasteiger partial charge in [-0.05, 0) is 38.2 Å². The highest BCUT2D eigenvalue weighted by molar-refractivity contribution is 5.81. The summed E-state index contributed by atoms with van der Waals surface area (Å²) in [7, 11) is 0. The van der Waals surface area contributed by atoms with Gasteiger partial charge >= 0.3 is 12.4 Å². The lowest BCUT2D eigenvalue weighted by molar-refractivity contribution is -0.139. The highest BCUT2D eigenvalue weighted by Gasteiger charge is 2.41. The Kier molecular flexibility index (Phi) is 6.94. The number of anilines is 1. The van der Waals surface area contributed by atoms with Gasteiger partial charge in [0.25, 0.3) is 5.56 Å². The maximum atomic E-state index is 13.3. The van der Waals surface area contributed by atoms with Crippen LogP contribution in [-0.4, -0.2) is 51.2 Å². The molecule has 0 aromatic carbocycles. The van der Waals surface area contributed by atoms with Crippen molar-refractivity contribution in [3.8, 4) is 0 Å². The van der Waals surface area contributed by atoms with Crippen LogP contribution in [0.1, 0.15) is 54.6 Å². The summed E-state index contributed by atoms with van der Waals surface area (Å²) in [5, 5.41) is 11.5. The number of nitrogens with zero attached hydrogens (tertiary/aromatic N) is 4. The predicted molar refractivity (Wildman–Crippen MR) is 114 cm³/mol. The van der Waals surface area contributed by atoms with Crippen LogP contribution in [0, 0.1) is 0 Å². The highest BCUT2D eigenvalue weighted by Crippen LogP contribution is 2.37. The molecule has 9 nitrogen and oxygen atoms in total. The molecule has 1 fully saturated rings. The fourth-order valence-electron chi connectivity index (χ4n) is 4.51. The summed E-state index contributed by atoms with van der Waals surface area (Å²) in [6, 6.07) is -1.50. The number of nitrogens with one attached hydrogen (secondary N) is 3. The van der Waals surface area contributed by atoms with Crippen LogP contribution in [0.3, 0.4) is 0 Å². The van der Waals surface area contributed by atoms with E-state index in [-0.39, 0.29) is 36.1 Å². The van der Waals surface area contributed by atoms with Crippen molar-refractivity contribution in [2.45, 2.75) is 63.1 Å². The summed E-state index contributed by atoms with van der Waals surface area (Å²) < 4.78 is 77.9. The number of H-pyrrole nitrogens is 1. The molecule has 3 N–H and O–H groups in total. The minimum Gasteiger partial charge on any atom is -0.346 e. The molecular formula is C21H23F6N7O2. The van der Waals surface area contributed by atoms with Crippen molar-refractivity contribution in [3.63, 3.8) is 0 Å². The number of carbonyl (C=O) groups excluding carboxylic acids is 1. The molecule has 0 spiro atoms. The van der Waals surface area contributed by atoms with Crippen molar-refractivity contribution < 1.29 is 31.1 Å². The summed E-state index contributed by atoms with van der Waals surface area (Å²) >= 11 is 0. The lowest BCUT2D eigenvalue weighted by atomic mass is 10.0. The molecule has 2 atom stereocenters. The van der Waals surface area contributed by atoms with Crippen molar-refractivity contribution in [2.24, 2.45) is 0 Å². The molecule has 1 aliphatic carbocycles. The van der Waals surface area contributed by atoms with Crippen LogP contribution in [0.25, 0.3) is 0 Å². The molecule has 4 rings (SSSR count). The van der Waals surface area contributed by atoms with Crippen molar-refractivity contribution >= 4 is 11.9 Å². The number of hydrogen-bond donors (Lipinski definition) is 3. The molecule has 15 heteroatoms. The fraction of sp³-hybridized carbons (Fsp3) is 0.571. The van der Waals surface area contributed by atoms with Crippen molar-refractivity contribution in [1.29, 1.82) is 0 Å². The second-order valence-electron chi connectivity index (χ2n) is 8.81. The molecule has 36 heavy (non-hydrogen) atoms. The van der Waals surface area contributed by atoms with E-state index in [4.69, 9.17) is 0 Å². The van der Waals surface area contributed by atoms with Crippen molar-refractivity contribution in [1.82, 2.24) is 30.8 Å². The first kappa shape index (κ1) is 25.9. The van der Waals surface area contributed by atoms with Crippen molar-refractivity contribution in [3.05, 3.63) is 45.1 Å². The second-order valence-corrected chi connectivity index (χ2v) is 8.81. The minimum absolute atomic E-state index is 0.00678. The van der Waals surface area contributed by atoms with Crippen LogP contribution in [0.5, 0.6) is 0 Å². The number of alkyl halides is 6. The summed E-state index contributed by atoms with van der Waals surface area (Å²) in [5.41, 5.74) is -3.71. The van der Waals surface area contributed by atoms with Gasteiger partial charge in [0.2, 0.25) is 11.9 Å². The zero-order chi connectivity index (χ0) is 26.3. The predicted octanol–water partition coefficient (Wildman–Crippen LogP) is 2.35. The Morgan fingerprint density at radius 1 is 1.08 bits per heavy atom. The number of hydrogen-bond acceptors (Lipinski definition) is 7. The van der Waals surface area contributed by atoms with E-state index < -0.39 is 47.0 Å². The van der Waals surface area contributed by atoms with Gasteiger partial charge in [-0.2, -0.15) is 31.4 Å². The third-order valence-electron chi connectivity index (χ3n) is 6.35. The van der Waals surface area contributed by atoms with E-state index >= 15 is 0 Å². The zero-order valence-electron chi connectivity index (χ0n) is 19.0. The summed E-state index contributed by atoms with van der Waals surface area (Å²) in [4.78, 5) is 33.7. The molecule has 3 heterocycles. The Hall–Kier alpha value is -3.23. The maximum absolute atomic E-state index is 13.3. The molecule has 2 aromatic heterocycles. The van der Waals surface area contributed by atoms with Crippen molar-refractivity contribution in [2.75, 3.05) is 18.0 Å². The first-order valence-electron chi connectivity index (χ1n) is 11.2. The number of halogens is 6. The lowest BCUT2D eigenvalue weighted by Crippen LogP contribution is -2.51. The van der Waals surface area contributed by atoms with Crippen LogP contribution in [0.15, 0.2) is 17.2 Å². The van der Waals surface area contributed by atoms with E-state index in [9.17, 15) is 35.9 Å². The summed E-state index contributed by atoms with van der Waals surface area (Å²) in [5.74, 6) is -0.237. The first-order chi connectivity index (χ1) is 16.8. The number of rotatable bonds is 5. The topological polar surface area (TPSA) is 116 Å². The number of amides is 1. The quantitative estimate of drug-likeness (QED) is 0.520. The molecule has 1 saturated heterocycles. The zero-order valence-corrected chi connectivity index (χ0v) is 19.0. The van der Waals surface area contributed by atoms with Gasteiger partial charge in [-0.3, -0.25) is 9.59 Å². The van der Waals surface area contributed by atoms with E-state index in [1.165, 1.54) is 0 Å². The third kappa shape index (κ3) is 5.44. The number of fused-ring (bicyclic) bond motifs is 1. The van der Waals surface area contributed by atoms with Gasteiger partial charge in [-0.15, -0.1) is 0 Å². The minimum atomic E-state index is -4.82. The summed E-state index contributed by atoms with van der Waals surface area (Å²) in [6.07, 6.45) is -6.55. The van der Waals surface area contributed by atoms with E-state index in [1.807, 2.05) is 5.10 Å². The Morgan fingerprint density at radius 3 is 2.31 bits per heavy atom. The molecule has 2 aromatic rings. The standard InChI is InChI=1S/C21H23F6N7O2/c1-10(17(35)31-14-3-2-13-15(21(25,26)27)18(36)33-32-16(13)14)30-12-4-6-34(7-5-12)19-28-8-11(9-29-19)20(22,23)24/h8-10,12,14,30H,2-7H2,1H3,(H,31,35)(H,33,36)/t10-,14-/m0/s1. The van der Waals surface area contributed by atoms with Gasteiger partial charge in [-0.25, -0.2) is 15.1 Å². The molecule has 0 bridgehead atoms. The fourth-order valence-corrected chi connectivity index (χ4v) is 4.51. The van der Waals surface area contributed by atoms with E-state index in [2.05, 4.69) is 25.7 Å². The average Bonchev–Trinajstić information content (AvgIpc) is 3.20. The number of piperidine rings is 1. The number of aromatic amines is 1. The highest BCUT2D eigenvalue weighted by atomic mass is 19.4. The van der Waals surface area contributed by atoms with Gasteiger partial charge in [0.1, 0.15) is 5.56 Å². The molecule has 2 aliphatic rings. The van der Waals surface area contributed by atoms with Gasteiger partial charge < -0.3 is 15.5 Å². The number of carbonyl (C=O) groups is 1. The van der Waals surface area contributed by atoms with E-state index in [0.717, 1.165) is 12.4 Å². The van der Waals surface area contributed by atoms with Gasteiger partial charge in [0.15, 0.2) is 0 Å². The van der Waals surface area contributed by atoms with Crippen LogP contribution in [-0.2, 0) is 23.6 Å². The van der Waals surface area contributed by atoms with Crippen LogP contribution >= 0.6 is 0 Å². The molecule has 0 radical (unpaired) electrons. The smallest absolute Gasteiger partial charge is 0.346 e. The third-order valence-corrected chi connectivity index (χ3v) is 6.35. The molecular weight excluding hydrogens is 496 g/mol. The molecule has 196 valence electrons. The number of aromatic nitrogens is 4. The lowest BCUT2D eigenvalue weighted by Gasteiger charge is -2.33. The van der Waals surface area contributed by atoms with Crippen LogP contribution < -0.4 is 21.1 Å². The van der Waals surface area contributed by atoms with Gasteiger partial charge in [0, 0.05) is 31.5 Å². The molecule has 0 saturated carbocycles. The average molecular weight is 519 g/mol. The molecule has 1 amide bonds. The monoisotopic (exact) mass is 519 g/mol. The largest absolute Gasteiger partial charge is 0.422 e. The van der Waals surface area contributed by atoms with E-state index in [0.29, 0.717) is 25.9 Å². The van der Waals surface area contributed by atoms with Gasteiger partial charge in [-0.1, -0.05) is 0 Å². The summed E-state index contributed by atoms with van der Waals surface area (Å²) in [6.45, 7) is 2.55.